The maximum absolute atomic E-state index is 12.8. The molecule has 1 N–H and O–H groups in total. The van der Waals surface area contributed by atoms with E-state index >= 15 is 0 Å². The molecule has 30 heavy (non-hydrogen) atoms. The highest BCUT2D eigenvalue weighted by atomic mass is 16.5. The molecule has 3 heterocycles. The Bertz CT molecular complexity index is 1240. The van der Waals surface area contributed by atoms with E-state index in [0.717, 1.165) is 17.0 Å². The van der Waals surface area contributed by atoms with Gasteiger partial charge in [-0.1, -0.05) is 31.1 Å². The fourth-order valence-electron chi connectivity index (χ4n) is 3.20. The first kappa shape index (κ1) is 19.7. The number of hydrogen-bond donors (Lipinski definition) is 1. The van der Waals surface area contributed by atoms with Crippen LogP contribution in [0.2, 0.25) is 0 Å². The third-order valence-corrected chi connectivity index (χ3v) is 4.71. The van der Waals surface area contributed by atoms with Crippen molar-refractivity contribution >= 4 is 17.4 Å². The van der Waals surface area contributed by atoms with Crippen LogP contribution in [-0.2, 0) is 11.2 Å². The second kappa shape index (κ2) is 7.66. The fraction of sp³-hybridized carbons (Fsp3) is 0.333. The highest BCUT2D eigenvalue weighted by Gasteiger charge is 2.19. The van der Waals surface area contributed by atoms with E-state index < -0.39 is 0 Å². The Morgan fingerprint density at radius 1 is 1.17 bits per heavy atom. The summed E-state index contributed by atoms with van der Waals surface area (Å²) < 4.78 is 7.06. The van der Waals surface area contributed by atoms with E-state index in [-0.39, 0.29) is 18.2 Å². The number of benzene rings is 1. The maximum Gasteiger partial charge on any atom is 0.260 e. The molecule has 0 aliphatic rings. The first-order valence-corrected chi connectivity index (χ1v) is 9.75. The Labute approximate surface area is 173 Å². The Morgan fingerprint density at radius 3 is 2.70 bits per heavy atom. The van der Waals surface area contributed by atoms with Crippen LogP contribution in [0.3, 0.4) is 0 Å². The minimum atomic E-state index is -0.237. The Morgan fingerprint density at radius 2 is 1.97 bits per heavy atom. The molecule has 0 saturated heterocycles. The van der Waals surface area contributed by atoms with Crippen LogP contribution < -0.4 is 5.32 Å². The monoisotopic (exact) mass is 405 g/mol. The van der Waals surface area contributed by atoms with Crippen LogP contribution in [-0.4, -0.2) is 35.6 Å². The summed E-state index contributed by atoms with van der Waals surface area (Å²) in [4.78, 5) is 26.0. The number of para-hydroxylation sites is 1. The first-order valence-electron chi connectivity index (χ1n) is 9.75. The van der Waals surface area contributed by atoms with Crippen molar-refractivity contribution in [1.82, 2.24) is 29.7 Å². The normalized spacial score (nSPS) is 11.4. The number of fused-ring (bicyclic) bond motifs is 1. The number of nitrogens with one attached hydrogen (secondary N) is 1. The molecule has 1 amide bonds. The number of nitrogens with zero attached hydrogens (tertiary/aromatic N) is 6. The van der Waals surface area contributed by atoms with Gasteiger partial charge in [0.15, 0.2) is 11.6 Å². The van der Waals surface area contributed by atoms with Gasteiger partial charge in [-0.05, 0) is 38.5 Å². The topological polar surface area (TPSA) is 111 Å². The average molecular weight is 405 g/mol. The zero-order valence-corrected chi connectivity index (χ0v) is 17.6. The lowest BCUT2D eigenvalue weighted by Crippen LogP contribution is -2.17. The number of carbonyl (C=O) groups excluding carboxylic acids is 1. The smallest absolute Gasteiger partial charge is 0.260 e. The van der Waals surface area contributed by atoms with Gasteiger partial charge in [0.05, 0.1) is 17.7 Å². The number of aryl methyl sites for hydroxylation is 3. The van der Waals surface area contributed by atoms with E-state index in [1.807, 2.05) is 58.9 Å². The summed E-state index contributed by atoms with van der Waals surface area (Å²) in [5.74, 6) is 1.80. The van der Waals surface area contributed by atoms with Crippen LogP contribution in [0, 0.1) is 20.8 Å². The van der Waals surface area contributed by atoms with Gasteiger partial charge in [-0.3, -0.25) is 4.79 Å². The molecule has 0 saturated carbocycles. The second-order valence-electron chi connectivity index (χ2n) is 7.61. The Kier molecular flexibility index (Phi) is 5.03. The summed E-state index contributed by atoms with van der Waals surface area (Å²) >= 11 is 0. The number of aromatic nitrogens is 6. The van der Waals surface area contributed by atoms with Crippen LogP contribution in [0.1, 0.15) is 48.4 Å². The maximum atomic E-state index is 12.8. The van der Waals surface area contributed by atoms with E-state index in [0.29, 0.717) is 34.6 Å². The molecule has 0 aliphatic carbocycles. The predicted octanol–water partition coefficient (Wildman–Crippen LogP) is 3.40. The highest BCUT2D eigenvalue weighted by Crippen LogP contribution is 2.30. The number of amides is 1. The molecule has 0 unspecified atom stereocenters. The van der Waals surface area contributed by atoms with Crippen molar-refractivity contribution in [2.75, 3.05) is 5.32 Å². The van der Waals surface area contributed by atoms with Gasteiger partial charge in [0.25, 0.3) is 11.7 Å². The molecule has 0 bridgehead atoms. The molecule has 154 valence electrons. The third-order valence-electron chi connectivity index (χ3n) is 4.71. The van der Waals surface area contributed by atoms with Crippen LogP contribution in [0.5, 0.6) is 0 Å². The van der Waals surface area contributed by atoms with Crippen LogP contribution in [0.4, 0.5) is 5.69 Å². The average Bonchev–Trinajstić information content (AvgIpc) is 3.30. The van der Waals surface area contributed by atoms with Crippen molar-refractivity contribution in [3.63, 3.8) is 0 Å². The van der Waals surface area contributed by atoms with Gasteiger partial charge in [-0.25, -0.2) is 9.50 Å². The zero-order chi connectivity index (χ0) is 21.4. The zero-order valence-electron chi connectivity index (χ0n) is 17.6. The summed E-state index contributed by atoms with van der Waals surface area (Å²) in [6.45, 7) is 9.73. The van der Waals surface area contributed by atoms with Crippen molar-refractivity contribution in [3.05, 3.63) is 52.9 Å². The highest BCUT2D eigenvalue weighted by molar-refractivity contribution is 5.96. The molecule has 0 spiro atoms. The quantitative estimate of drug-likeness (QED) is 0.541. The first-order chi connectivity index (χ1) is 14.3. The standard InChI is InChI=1S/C21H23N7O2/c1-11(2)19-25-20(30-27-19)15-8-6-7-12(3)18(15)24-17(29)10-16-23-21-22-13(4)9-14(5)28(21)26-16/h6-9,11H,10H2,1-5H3,(H,24,29). The SMILES string of the molecule is Cc1cc(C)n2nc(CC(=O)Nc3c(C)cccc3-c3nc(C(C)C)no3)nc2n1. The second-order valence-corrected chi connectivity index (χ2v) is 7.61. The largest absolute Gasteiger partial charge is 0.334 e. The molecular formula is C21H23N7O2. The van der Waals surface area contributed by atoms with Crippen molar-refractivity contribution in [3.8, 4) is 11.5 Å². The lowest BCUT2D eigenvalue weighted by molar-refractivity contribution is -0.115. The van der Waals surface area contributed by atoms with Gasteiger partial charge in [0, 0.05) is 17.3 Å². The number of anilines is 1. The predicted molar refractivity (Wildman–Crippen MR) is 111 cm³/mol. The number of carbonyl (C=O) groups is 1. The van der Waals surface area contributed by atoms with Crippen LogP contribution in [0.15, 0.2) is 28.8 Å². The van der Waals surface area contributed by atoms with Gasteiger partial charge in [0.2, 0.25) is 5.91 Å². The van der Waals surface area contributed by atoms with E-state index in [1.54, 1.807) is 4.52 Å². The molecule has 4 rings (SSSR count). The Balaban J connectivity index is 1.60. The minimum Gasteiger partial charge on any atom is -0.334 e. The molecule has 0 radical (unpaired) electrons. The van der Waals surface area contributed by atoms with E-state index in [9.17, 15) is 4.79 Å². The third kappa shape index (κ3) is 3.78. The summed E-state index contributed by atoms with van der Waals surface area (Å²) in [7, 11) is 0. The number of rotatable bonds is 5. The van der Waals surface area contributed by atoms with Crippen molar-refractivity contribution in [2.45, 2.75) is 47.0 Å². The molecule has 3 aromatic heterocycles. The molecule has 0 aliphatic heterocycles. The van der Waals surface area contributed by atoms with Gasteiger partial charge in [0.1, 0.15) is 0 Å². The van der Waals surface area contributed by atoms with Gasteiger partial charge >= 0.3 is 0 Å². The molecule has 9 nitrogen and oxygen atoms in total. The summed E-state index contributed by atoms with van der Waals surface area (Å²) in [6.07, 6.45) is 0.0245. The van der Waals surface area contributed by atoms with Gasteiger partial charge in [-0.2, -0.15) is 9.97 Å². The van der Waals surface area contributed by atoms with Crippen molar-refractivity contribution < 1.29 is 9.32 Å². The summed E-state index contributed by atoms with van der Waals surface area (Å²) in [6, 6.07) is 7.57. The molecule has 1 aromatic carbocycles. The van der Waals surface area contributed by atoms with E-state index in [2.05, 4.69) is 30.5 Å². The van der Waals surface area contributed by atoms with Gasteiger partial charge in [-0.15, -0.1) is 5.10 Å². The lowest BCUT2D eigenvalue weighted by Gasteiger charge is -2.11. The Hall–Kier alpha value is -3.62. The van der Waals surface area contributed by atoms with Crippen LogP contribution in [0.25, 0.3) is 17.2 Å². The molecule has 0 fully saturated rings. The molecule has 4 aromatic rings. The molecule has 0 atom stereocenters. The van der Waals surface area contributed by atoms with Crippen molar-refractivity contribution in [2.24, 2.45) is 0 Å². The van der Waals surface area contributed by atoms with Gasteiger partial charge < -0.3 is 9.84 Å². The van der Waals surface area contributed by atoms with E-state index in [4.69, 9.17) is 4.52 Å². The summed E-state index contributed by atoms with van der Waals surface area (Å²) in [5, 5.41) is 11.4. The fourth-order valence-corrected chi connectivity index (χ4v) is 3.20. The number of hydrogen-bond acceptors (Lipinski definition) is 7. The van der Waals surface area contributed by atoms with E-state index in [1.165, 1.54) is 0 Å². The molecular weight excluding hydrogens is 382 g/mol. The minimum absolute atomic E-state index is 0.0245. The summed E-state index contributed by atoms with van der Waals surface area (Å²) in [5.41, 5.74) is 3.97. The molecule has 9 heteroatoms. The van der Waals surface area contributed by atoms with Crippen LogP contribution >= 0.6 is 0 Å². The lowest BCUT2D eigenvalue weighted by atomic mass is 10.1. The van der Waals surface area contributed by atoms with Crippen molar-refractivity contribution in [1.29, 1.82) is 0 Å².